The van der Waals surface area contributed by atoms with Gasteiger partial charge in [0.05, 0.1) is 0 Å². The van der Waals surface area contributed by atoms with E-state index < -0.39 is 33.5 Å². The number of hydrogen-bond donors (Lipinski definition) is 0. The fourth-order valence-electron chi connectivity index (χ4n) is 11.0. The van der Waals surface area contributed by atoms with Crippen molar-refractivity contribution in [1.82, 2.24) is 0 Å². The van der Waals surface area contributed by atoms with Crippen LogP contribution in [0.2, 0.25) is 48.5 Å². The largest absolute Gasteiger partial charge is 0.147 e. The zero-order chi connectivity index (χ0) is 46.9. The average Bonchev–Trinajstić information content (AvgIpc) is 4.00. The van der Waals surface area contributed by atoms with Crippen molar-refractivity contribution >= 4 is 81.9 Å². The van der Waals surface area contributed by atoms with Gasteiger partial charge >= 0.3 is 394 Å². The fourth-order valence-corrected chi connectivity index (χ4v) is 31.3. The van der Waals surface area contributed by atoms with E-state index in [1.165, 1.54) is 99.8 Å². The Morgan fingerprint density at radius 3 is 1.09 bits per heavy atom. The molecule has 350 valence electrons. The molecule has 2 unspecified atom stereocenters. The molecule has 66 heavy (non-hydrogen) atoms. The summed E-state index contributed by atoms with van der Waals surface area (Å²) in [5.74, 6) is 2.09. The maximum absolute atomic E-state index is 7.12. The van der Waals surface area contributed by atoms with E-state index in [0.29, 0.717) is 0 Å². The van der Waals surface area contributed by atoms with Crippen molar-refractivity contribution in [1.29, 1.82) is 0 Å². The molecule has 0 spiro atoms. The van der Waals surface area contributed by atoms with Crippen molar-refractivity contribution in [2.75, 3.05) is 0 Å². The first kappa shape index (κ1) is 52.4. The van der Waals surface area contributed by atoms with Gasteiger partial charge in [-0.25, -0.2) is 0 Å². The molecule has 2 aliphatic carbocycles. The van der Waals surface area contributed by atoms with Crippen molar-refractivity contribution < 1.29 is 26.2 Å². The smallest absolute Gasteiger partial charge is 0.147 e. The first-order valence-electron chi connectivity index (χ1n) is 23.7. The van der Waals surface area contributed by atoms with Crippen molar-refractivity contribution in [3.63, 3.8) is 0 Å². The molecular weight excluding hydrogens is 975 g/mol. The molecule has 0 saturated carbocycles. The summed E-state index contributed by atoms with van der Waals surface area (Å²) in [4.78, 5) is 0. The number of rotatable bonds is 8. The molecule has 0 radical (unpaired) electrons. The van der Waals surface area contributed by atoms with Gasteiger partial charge in [-0.1, -0.05) is 0 Å². The van der Waals surface area contributed by atoms with Crippen molar-refractivity contribution in [3.8, 4) is 22.3 Å². The summed E-state index contributed by atoms with van der Waals surface area (Å²) in [6.07, 6.45) is 5.14. The molecule has 6 aromatic rings. The van der Waals surface area contributed by atoms with Gasteiger partial charge in [0.2, 0.25) is 0 Å². The third-order valence-corrected chi connectivity index (χ3v) is 35.6. The van der Waals surface area contributed by atoms with Gasteiger partial charge in [0, 0.05) is 0 Å². The van der Waals surface area contributed by atoms with Crippen molar-refractivity contribution in [3.05, 3.63) is 152 Å². The van der Waals surface area contributed by atoms with Crippen LogP contribution < -0.4 is 10.8 Å². The van der Waals surface area contributed by atoms with Crippen LogP contribution in [-0.2, 0) is 28.2 Å². The van der Waals surface area contributed by atoms with Crippen molar-refractivity contribution in [2.45, 2.75) is 136 Å². The molecule has 4 aromatic carbocycles. The predicted molar refractivity (Wildman–Crippen MR) is 299 cm³/mol. The Bertz CT molecular complexity index is 2780. The Balaban J connectivity index is 0.00000360. The van der Waals surface area contributed by atoms with Crippen LogP contribution in [0.1, 0.15) is 116 Å². The van der Waals surface area contributed by atoms with Crippen LogP contribution >= 0.6 is 24.8 Å². The van der Waals surface area contributed by atoms with Crippen LogP contribution in [0.5, 0.6) is 0 Å². The van der Waals surface area contributed by atoms with E-state index in [-0.39, 0.29) is 42.9 Å². The summed E-state index contributed by atoms with van der Waals surface area (Å²) in [7, 11) is -3.46. The zero-order valence-corrected chi connectivity index (χ0v) is 50.7. The molecule has 0 bridgehead atoms. The van der Waals surface area contributed by atoms with E-state index in [1.54, 1.807) is 0 Å². The van der Waals surface area contributed by atoms with Gasteiger partial charge in [-0.3, -0.25) is 0 Å². The van der Waals surface area contributed by atoms with E-state index in [4.69, 9.17) is 8.83 Å². The molecular formula is C58H76Cl2O2Si3Zr. The summed E-state index contributed by atoms with van der Waals surface area (Å²) in [5, 5.41) is 2.33. The van der Waals surface area contributed by atoms with E-state index >= 15 is 0 Å². The third-order valence-electron chi connectivity index (χ3n) is 14.9. The maximum atomic E-state index is 7.12. The van der Waals surface area contributed by atoms with Crippen LogP contribution in [0.4, 0.5) is 0 Å². The number of benzene rings is 4. The van der Waals surface area contributed by atoms with Gasteiger partial charge in [0.25, 0.3) is 0 Å². The second kappa shape index (κ2) is 17.5. The monoisotopic (exact) mass is 1050 g/mol. The molecule has 2 aromatic heterocycles. The number of aryl methyl sites for hydroxylation is 2. The Morgan fingerprint density at radius 2 is 0.818 bits per heavy atom. The summed E-state index contributed by atoms with van der Waals surface area (Å²) in [6.45, 7) is 40.0. The summed E-state index contributed by atoms with van der Waals surface area (Å²) < 4.78 is 20.2. The second-order valence-electron chi connectivity index (χ2n) is 24.9. The Hall–Kier alpha value is -2.97. The maximum Gasteiger partial charge on any atom is -0.147 e. The predicted octanol–water partition coefficient (Wildman–Crippen LogP) is 16.2. The minimum absolute atomic E-state index is 0. The zero-order valence-electron chi connectivity index (χ0n) is 43.2. The molecule has 2 heterocycles. The molecule has 2 nitrogen and oxygen atoms in total. The normalized spacial score (nSPS) is 16.6. The van der Waals surface area contributed by atoms with Gasteiger partial charge in [-0.15, -0.1) is 24.8 Å². The van der Waals surface area contributed by atoms with Gasteiger partial charge in [-0.05, 0) is 0 Å². The van der Waals surface area contributed by atoms with Gasteiger partial charge in [0.15, 0.2) is 0 Å². The first-order valence-corrected chi connectivity index (χ1v) is 44.4. The Labute approximate surface area is 414 Å². The number of hydrogen-bond acceptors (Lipinski definition) is 2. The average molecular weight is 1050 g/mol. The summed E-state index contributed by atoms with van der Waals surface area (Å²) in [6, 6.07) is 33.2. The molecule has 0 saturated heterocycles. The SMILES string of the molecule is Cc1cc2c(c(-c3ccc(C(C)(C)C)cc3)c1C)C=C(c1ccc([Si](C)(C)C)o1)[CH]2[Zr]([CH3])([CH3])(=[SiH2])[CH]1C(c2ccc([Si](C)(C)C)o2)=Cc2c1cc(C)c(C)c2-c1ccc(C(C)(C)C)cc1.Cl.Cl. The number of halogens is 2. The van der Waals surface area contributed by atoms with E-state index in [0.717, 1.165) is 11.5 Å². The molecule has 0 fully saturated rings. The quantitative estimate of drug-likeness (QED) is 0.142. The molecule has 8 rings (SSSR count). The van der Waals surface area contributed by atoms with E-state index in [9.17, 15) is 0 Å². The van der Waals surface area contributed by atoms with Crippen LogP contribution in [-0.4, -0.2) is 23.0 Å². The Morgan fingerprint density at radius 1 is 0.500 bits per heavy atom. The molecule has 2 atom stereocenters. The van der Waals surface area contributed by atoms with Crippen LogP contribution in [0.15, 0.2) is 93.8 Å². The topological polar surface area (TPSA) is 26.3 Å². The minimum atomic E-state index is -4.37. The van der Waals surface area contributed by atoms with Crippen LogP contribution in [0.3, 0.4) is 0 Å². The number of furan rings is 2. The minimum Gasteiger partial charge on any atom is -0.147 e. The van der Waals surface area contributed by atoms with Gasteiger partial charge in [-0.2, -0.15) is 0 Å². The molecule has 2 aliphatic rings. The third kappa shape index (κ3) is 9.15. The van der Waals surface area contributed by atoms with E-state index in [1.807, 2.05) is 0 Å². The summed E-state index contributed by atoms with van der Waals surface area (Å²) in [5.41, 5.74) is 22.0. The van der Waals surface area contributed by atoms with E-state index in [2.05, 4.69) is 222 Å². The molecule has 0 amide bonds. The van der Waals surface area contributed by atoms with Crippen LogP contribution in [0, 0.1) is 27.7 Å². The molecule has 0 N–H and O–H groups in total. The number of fused-ring (bicyclic) bond motifs is 2. The molecule has 8 heteroatoms. The number of allylic oxidation sites excluding steroid dienone is 2. The van der Waals surface area contributed by atoms with Gasteiger partial charge in [0.1, 0.15) is 0 Å². The standard InChI is InChI=1S/2C28H33OSi.2CH3.2ClH.H2Si.Zr/c2*1-18-15-21-16-22(25-13-14-26(29-25)30(6,7)8)17-24(21)27(19(18)2)20-9-11-23(12-10-20)28(3,4)5;;;;;;/h2*9-17H,1-8H3;2*1H3;2*1H;1H2;. The van der Waals surface area contributed by atoms with Crippen LogP contribution in [0.25, 0.3) is 45.6 Å². The second-order valence-corrected chi connectivity index (χ2v) is 65.3. The Kier molecular flexibility index (Phi) is 13.9. The fraction of sp³-hybridized carbons (Fsp3) is 0.379. The van der Waals surface area contributed by atoms with Gasteiger partial charge < -0.3 is 0 Å². The van der Waals surface area contributed by atoms with Crippen molar-refractivity contribution in [2.24, 2.45) is 0 Å². The first-order chi connectivity index (χ1) is 29.5. The molecule has 0 aliphatic heterocycles. The summed E-state index contributed by atoms with van der Waals surface area (Å²) >= 11 is -4.37.